The van der Waals surface area contributed by atoms with Gasteiger partial charge in [0.05, 0.1) is 12.9 Å². The first kappa shape index (κ1) is 11.9. The van der Waals surface area contributed by atoms with Crippen LogP contribution in [0.5, 0.6) is 0 Å². The Morgan fingerprint density at radius 1 is 1.41 bits per heavy atom. The van der Waals surface area contributed by atoms with Gasteiger partial charge in [-0.2, -0.15) is 8.42 Å². The van der Waals surface area contributed by atoms with Gasteiger partial charge in [-0.05, 0) is 12.8 Å². The van der Waals surface area contributed by atoms with Crippen molar-refractivity contribution in [1.29, 1.82) is 0 Å². The number of rotatable bonds is 5. The van der Waals surface area contributed by atoms with Gasteiger partial charge in [0.2, 0.25) is 0 Å². The van der Waals surface area contributed by atoms with Gasteiger partial charge in [-0.1, -0.05) is 0 Å². The summed E-state index contributed by atoms with van der Waals surface area (Å²) in [7, 11) is -3.35. The van der Waals surface area contributed by atoms with E-state index in [1.807, 2.05) is 6.07 Å². The van der Waals surface area contributed by atoms with Gasteiger partial charge in [0.15, 0.2) is 5.65 Å². The van der Waals surface area contributed by atoms with Crippen molar-refractivity contribution >= 4 is 15.8 Å². The van der Waals surface area contributed by atoms with Crippen molar-refractivity contribution in [1.82, 2.24) is 19.6 Å². The lowest BCUT2D eigenvalue weighted by atomic mass is 10.2. The molecule has 2 rings (SSSR count). The van der Waals surface area contributed by atoms with Gasteiger partial charge in [0, 0.05) is 11.8 Å². The number of aromatic nitrogens is 4. The van der Waals surface area contributed by atoms with E-state index in [0.29, 0.717) is 12.8 Å². The van der Waals surface area contributed by atoms with Crippen molar-refractivity contribution in [3.8, 4) is 0 Å². The monoisotopic (exact) mass is 256 g/mol. The maximum absolute atomic E-state index is 10.7. The molecule has 0 radical (unpaired) electrons. The van der Waals surface area contributed by atoms with Crippen LogP contribution in [0.2, 0.25) is 0 Å². The number of aryl methyl sites for hydroxylation is 1. The minimum absolute atomic E-state index is 0.165. The molecule has 7 nitrogen and oxygen atoms in total. The van der Waals surface area contributed by atoms with E-state index in [1.165, 1.54) is 0 Å². The van der Waals surface area contributed by atoms with Crippen molar-refractivity contribution in [2.45, 2.75) is 12.8 Å². The molecule has 0 fully saturated rings. The quantitative estimate of drug-likeness (QED) is 0.554. The van der Waals surface area contributed by atoms with Gasteiger partial charge in [-0.15, -0.1) is 10.2 Å². The van der Waals surface area contributed by atoms with Crippen LogP contribution in [0.3, 0.4) is 0 Å². The average Bonchev–Trinajstić information content (AvgIpc) is 2.70. The zero-order valence-corrected chi connectivity index (χ0v) is 10.1. The zero-order chi connectivity index (χ0) is 12.3. The summed E-state index contributed by atoms with van der Waals surface area (Å²) in [6, 6.07) is 1.81. The number of hydrogen-bond acceptors (Lipinski definition) is 6. The van der Waals surface area contributed by atoms with E-state index in [9.17, 15) is 8.42 Å². The third-order valence-corrected chi connectivity index (χ3v) is 2.71. The van der Waals surface area contributed by atoms with Crippen LogP contribution in [-0.2, 0) is 20.7 Å². The molecular weight excluding hydrogens is 244 g/mol. The Hall–Kier alpha value is -1.54. The Labute approximate surface area is 98.6 Å². The van der Waals surface area contributed by atoms with E-state index in [-0.39, 0.29) is 6.61 Å². The first-order valence-electron chi connectivity index (χ1n) is 5.03. The first-order valence-corrected chi connectivity index (χ1v) is 6.85. The Bertz CT molecular complexity index is 607. The summed E-state index contributed by atoms with van der Waals surface area (Å²) in [6.07, 6.45) is 5.46. The van der Waals surface area contributed by atoms with Crippen molar-refractivity contribution in [3.63, 3.8) is 0 Å². The highest BCUT2D eigenvalue weighted by molar-refractivity contribution is 7.85. The Morgan fingerprint density at radius 2 is 2.24 bits per heavy atom. The molecule has 0 bridgehead atoms. The molecule has 2 heterocycles. The van der Waals surface area contributed by atoms with Crippen molar-refractivity contribution in [2.24, 2.45) is 0 Å². The van der Waals surface area contributed by atoms with Gasteiger partial charge < -0.3 is 0 Å². The number of hydrogen-bond donors (Lipinski definition) is 0. The molecule has 0 spiro atoms. The van der Waals surface area contributed by atoms with E-state index in [4.69, 9.17) is 0 Å². The molecule has 0 saturated heterocycles. The fourth-order valence-corrected chi connectivity index (χ4v) is 1.79. The molecule has 0 unspecified atom stereocenters. The maximum atomic E-state index is 10.7. The Balaban J connectivity index is 1.90. The minimum Gasteiger partial charge on any atom is -0.272 e. The largest absolute Gasteiger partial charge is 0.272 e. The van der Waals surface area contributed by atoms with Crippen molar-refractivity contribution in [3.05, 3.63) is 24.4 Å². The highest BCUT2D eigenvalue weighted by Gasteiger charge is 2.03. The van der Waals surface area contributed by atoms with Crippen LogP contribution in [0.25, 0.3) is 5.65 Å². The van der Waals surface area contributed by atoms with Gasteiger partial charge in [-0.3, -0.25) is 8.58 Å². The fourth-order valence-electron chi connectivity index (χ4n) is 1.37. The topological polar surface area (TPSA) is 86.5 Å². The molecule has 0 saturated carbocycles. The van der Waals surface area contributed by atoms with Crippen LogP contribution in [-0.4, -0.2) is 40.9 Å². The molecular formula is C9H12N4O3S. The van der Waals surface area contributed by atoms with Crippen LogP contribution in [0, 0.1) is 0 Å². The van der Waals surface area contributed by atoms with E-state index in [1.54, 1.807) is 17.1 Å². The number of nitrogens with zero attached hydrogens (tertiary/aromatic N) is 4. The smallest absolute Gasteiger partial charge is 0.264 e. The summed E-state index contributed by atoms with van der Waals surface area (Å²) in [4.78, 5) is 4.19. The summed E-state index contributed by atoms with van der Waals surface area (Å²) in [5.41, 5.74) is 1.56. The van der Waals surface area contributed by atoms with Crippen LogP contribution in [0.4, 0.5) is 0 Å². The summed E-state index contributed by atoms with van der Waals surface area (Å²) in [5, 5.41) is 7.63. The van der Waals surface area contributed by atoms with Gasteiger partial charge in [-0.25, -0.2) is 4.98 Å². The molecule has 17 heavy (non-hydrogen) atoms. The molecule has 2 aromatic heterocycles. The van der Waals surface area contributed by atoms with E-state index in [0.717, 1.165) is 17.6 Å². The molecule has 0 aromatic carbocycles. The predicted molar refractivity (Wildman–Crippen MR) is 59.9 cm³/mol. The molecule has 0 N–H and O–H groups in total. The van der Waals surface area contributed by atoms with Crippen LogP contribution >= 0.6 is 0 Å². The minimum atomic E-state index is -3.35. The fraction of sp³-hybridized carbons (Fsp3) is 0.444. The molecule has 2 aromatic rings. The lowest BCUT2D eigenvalue weighted by molar-refractivity contribution is 0.315. The highest BCUT2D eigenvalue weighted by Crippen LogP contribution is 2.04. The molecule has 0 amide bonds. The van der Waals surface area contributed by atoms with Crippen LogP contribution in [0.1, 0.15) is 12.1 Å². The maximum Gasteiger partial charge on any atom is 0.264 e. The number of fused-ring (bicyclic) bond motifs is 1. The van der Waals surface area contributed by atoms with Gasteiger partial charge in [0.25, 0.3) is 10.1 Å². The second kappa shape index (κ2) is 4.76. The first-order chi connectivity index (χ1) is 8.04. The normalized spacial score (nSPS) is 12.1. The predicted octanol–water partition coefficient (Wildman–Crippen LogP) is 0.0331. The summed E-state index contributed by atoms with van der Waals surface area (Å²) >= 11 is 0. The lowest BCUT2D eigenvalue weighted by Crippen LogP contribution is -2.05. The second-order valence-electron chi connectivity index (χ2n) is 3.61. The summed E-state index contributed by atoms with van der Waals surface area (Å²) in [5.74, 6) is 0. The standard InChI is InChI=1S/C9H12N4O3S/c1-17(14,15)16-4-2-3-8-5-9-12-11-7-13(9)6-10-8/h5-7H,2-4H2,1H3. The second-order valence-corrected chi connectivity index (χ2v) is 5.25. The van der Waals surface area contributed by atoms with E-state index >= 15 is 0 Å². The molecule has 8 heteroatoms. The average molecular weight is 256 g/mol. The molecule has 0 aliphatic heterocycles. The van der Waals surface area contributed by atoms with Crippen LogP contribution in [0.15, 0.2) is 18.7 Å². The SMILES string of the molecule is CS(=O)(=O)OCCCc1cc2nncn2cn1. The van der Waals surface area contributed by atoms with Crippen LogP contribution < -0.4 is 0 Å². The Kier molecular flexibility index (Phi) is 3.34. The molecule has 0 atom stereocenters. The third kappa shape index (κ3) is 3.46. The third-order valence-electron chi connectivity index (χ3n) is 2.12. The van der Waals surface area contributed by atoms with Crippen molar-refractivity contribution < 1.29 is 12.6 Å². The van der Waals surface area contributed by atoms with Gasteiger partial charge in [0.1, 0.15) is 12.7 Å². The Morgan fingerprint density at radius 3 is 3.00 bits per heavy atom. The summed E-state index contributed by atoms with van der Waals surface area (Å²) < 4.78 is 27.8. The van der Waals surface area contributed by atoms with E-state index < -0.39 is 10.1 Å². The van der Waals surface area contributed by atoms with Crippen molar-refractivity contribution in [2.75, 3.05) is 12.9 Å². The van der Waals surface area contributed by atoms with Gasteiger partial charge >= 0.3 is 0 Å². The molecule has 0 aliphatic carbocycles. The molecule has 0 aliphatic rings. The molecule has 92 valence electrons. The van der Waals surface area contributed by atoms with E-state index in [2.05, 4.69) is 19.4 Å². The summed E-state index contributed by atoms with van der Waals surface area (Å²) in [6.45, 7) is 0.165. The zero-order valence-electron chi connectivity index (χ0n) is 9.28. The highest BCUT2D eigenvalue weighted by atomic mass is 32.2. The lowest BCUT2D eigenvalue weighted by Gasteiger charge is -2.01.